The van der Waals surface area contributed by atoms with Crippen LogP contribution in [-0.4, -0.2) is 30.2 Å². The number of guanidine groups is 1. The average Bonchev–Trinajstić information content (AvgIpc) is 3.13. The van der Waals surface area contributed by atoms with Gasteiger partial charge >= 0.3 is 0 Å². The summed E-state index contributed by atoms with van der Waals surface area (Å²) in [6, 6.07) is 12.6. The van der Waals surface area contributed by atoms with Gasteiger partial charge in [-0.25, -0.2) is 4.99 Å². The number of hydrogen-bond acceptors (Lipinski definition) is 4. The van der Waals surface area contributed by atoms with Gasteiger partial charge < -0.3 is 20.5 Å². The second-order valence-electron chi connectivity index (χ2n) is 7.31. The van der Waals surface area contributed by atoms with Crippen LogP contribution in [0.2, 0.25) is 0 Å². The SMILES string of the molecule is CCNC(=NCc1cc(C(C)C)no1)NCC(Nc1ccccc1)C(C)C. The highest BCUT2D eigenvalue weighted by Crippen LogP contribution is 2.14. The van der Waals surface area contributed by atoms with E-state index in [9.17, 15) is 0 Å². The molecular weight excluding hydrogens is 338 g/mol. The summed E-state index contributed by atoms with van der Waals surface area (Å²) in [6.07, 6.45) is 0. The standard InChI is InChI=1S/C21H33N5O/c1-6-22-21(23-13-18-12-19(15(2)3)26-27-18)24-14-20(16(4)5)25-17-10-8-7-9-11-17/h7-12,15-16,20,25H,6,13-14H2,1-5H3,(H2,22,23,24). The Hall–Kier alpha value is -2.50. The van der Waals surface area contributed by atoms with E-state index in [1.165, 1.54) is 0 Å². The highest BCUT2D eigenvalue weighted by Gasteiger charge is 2.14. The zero-order valence-electron chi connectivity index (χ0n) is 17.1. The van der Waals surface area contributed by atoms with Crippen molar-refractivity contribution < 1.29 is 4.52 Å². The fraction of sp³-hybridized carbons (Fsp3) is 0.524. The minimum atomic E-state index is 0.286. The van der Waals surface area contributed by atoms with Crippen molar-refractivity contribution in [2.75, 3.05) is 18.4 Å². The number of aliphatic imine (C=N–C) groups is 1. The van der Waals surface area contributed by atoms with Crippen LogP contribution in [0.15, 0.2) is 45.9 Å². The Morgan fingerprint density at radius 3 is 2.44 bits per heavy atom. The molecule has 0 amide bonds. The molecule has 1 atom stereocenters. The van der Waals surface area contributed by atoms with E-state index in [2.05, 4.69) is 72.9 Å². The number of aromatic nitrogens is 1. The van der Waals surface area contributed by atoms with Gasteiger partial charge in [0.05, 0.1) is 5.69 Å². The molecule has 1 heterocycles. The molecule has 0 spiro atoms. The van der Waals surface area contributed by atoms with Gasteiger partial charge in [0.2, 0.25) is 0 Å². The second-order valence-corrected chi connectivity index (χ2v) is 7.31. The van der Waals surface area contributed by atoms with Crippen LogP contribution < -0.4 is 16.0 Å². The van der Waals surface area contributed by atoms with Crippen molar-refractivity contribution in [1.82, 2.24) is 15.8 Å². The van der Waals surface area contributed by atoms with Gasteiger partial charge in [0, 0.05) is 30.9 Å². The first-order valence-corrected chi connectivity index (χ1v) is 9.78. The van der Waals surface area contributed by atoms with Crippen LogP contribution in [0.3, 0.4) is 0 Å². The van der Waals surface area contributed by atoms with E-state index in [1.54, 1.807) is 0 Å². The lowest BCUT2D eigenvalue weighted by atomic mass is 10.0. The number of benzene rings is 1. The highest BCUT2D eigenvalue weighted by atomic mass is 16.5. The molecule has 3 N–H and O–H groups in total. The molecule has 0 saturated carbocycles. The lowest BCUT2D eigenvalue weighted by Gasteiger charge is -2.25. The molecule has 148 valence electrons. The summed E-state index contributed by atoms with van der Waals surface area (Å²) in [4.78, 5) is 4.63. The average molecular weight is 372 g/mol. The van der Waals surface area contributed by atoms with Crippen molar-refractivity contribution in [2.45, 2.75) is 53.1 Å². The van der Waals surface area contributed by atoms with Gasteiger partial charge in [-0.1, -0.05) is 51.1 Å². The van der Waals surface area contributed by atoms with E-state index in [4.69, 9.17) is 4.52 Å². The van der Waals surface area contributed by atoms with Crippen LogP contribution in [-0.2, 0) is 6.54 Å². The molecule has 6 nitrogen and oxygen atoms in total. The maximum Gasteiger partial charge on any atom is 0.191 e. The van der Waals surface area contributed by atoms with Gasteiger partial charge in [-0.2, -0.15) is 0 Å². The second kappa shape index (κ2) is 10.6. The number of anilines is 1. The van der Waals surface area contributed by atoms with E-state index in [1.807, 2.05) is 24.3 Å². The van der Waals surface area contributed by atoms with Crippen LogP contribution in [0.25, 0.3) is 0 Å². The van der Waals surface area contributed by atoms with Gasteiger partial charge in [0.15, 0.2) is 11.7 Å². The number of rotatable bonds is 9. The maximum absolute atomic E-state index is 5.37. The van der Waals surface area contributed by atoms with E-state index >= 15 is 0 Å². The largest absolute Gasteiger partial charge is 0.380 e. The Bertz CT molecular complexity index is 694. The Morgan fingerprint density at radius 1 is 1.11 bits per heavy atom. The molecule has 2 aromatic rings. The summed E-state index contributed by atoms with van der Waals surface area (Å²) >= 11 is 0. The first-order chi connectivity index (χ1) is 13.0. The maximum atomic E-state index is 5.37. The Labute approximate surface area is 162 Å². The minimum absolute atomic E-state index is 0.286. The van der Waals surface area contributed by atoms with Gasteiger partial charge in [-0.15, -0.1) is 0 Å². The van der Waals surface area contributed by atoms with Crippen LogP contribution in [0.1, 0.15) is 52.0 Å². The van der Waals surface area contributed by atoms with Gasteiger partial charge in [-0.3, -0.25) is 0 Å². The summed E-state index contributed by atoms with van der Waals surface area (Å²) in [7, 11) is 0. The molecule has 1 aromatic heterocycles. The number of hydrogen-bond donors (Lipinski definition) is 3. The topological polar surface area (TPSA) is 74.5 Å². The molecule has 0 aliphatic carbocycles. The molecule has 1 unspecified atom stereocenters. The third-order valence-corrected chi connectivity index (χ3v) is 4.33. The fourth-order valence-electron chi connectivity index (χ4n) is 2.58. The van der Waals surface area contributed by atoms with Gasteiger partial charge in [-0.05, 0) is 30.9 Å². The minimum Gasteiger partial charge on any atom is -0.380 e. The lowest BCUT2D eigenvalue weighted by molar-refractivity contribution is 0.376. The molecule has 0 aliphatic rings. The molecule has 1 aromatic carbocycles. The van der Waals surface area contributed by atoms with Crippen molar-refractivity contribution in [1.29, 1.82) is 0 Å². The summed E-state index contributed by atoms with van der Waals surface area (Å²) in [5, 5.41) is 14.4. The quantitative estimate of drug-likeness (QED) is 0.459. The summed E-state index contributed by atoms with van der Waals surface area (Å²) < 4.78 is 5.37. The van der Waals surface area contributed by atoms with Crippen LogP contribution in [0, 0.1) is 5.92 Å². The van der Waals surface area contributed by atoms with Crippen LogP contribution in [0.5, 0.6) is 0 Å². The Balaban J connectivity index is 1.96. The van der Waals surface area contributed by atoms with Gasteiger partial charge in [0.25, 0.3) is 0 Å². The van der Waals surface area contributed by atoms with Crippen molar-refractivity contribution in [3.8, 4) is 0 Å². The van der Waals surface area contributed by atoms with E-state index in [0.29, 0.717) is 18.4 Å². The Morgan fingerprint density at radius 2 is 1.85 bits per heavy atom. The zero-order valence-corrected chi connectivity index (χ0v) is 17.1. The van der Waals surface area contributed by atoms with E-state index in [-0.39, 0.29) is 6.04 Å². The molecule has 0 aliphatic heterocycles. The van der Waals surface area contributed by atoms with Crippen molar-refractivity contribution in [3.63, 3.8) is 0 Å². The Kier molecular flexibility index (Phi) is 8.17. The molecule has 27 heavy (non-hydrogen) atoms. The third-order valence-electron chi connectivity index (χ3n) is 4.33. The monoisotopic (exact) mass is 371 g/mol. The first-order valence-electron chi connectivity index (χ1n) is 9.78. The zero-order chi connectivity index (χ0) is 19.6. The van der Waals surface area contributed by atoms with Crippen LogP contribution in [0.4, 0.5) is 5.69 Å². The third kappa shape index (κ3) is 6.96. The number of para-hydroxylation sites is 1. The van der Waals surface area contributed by atoms with Crippen LogP contribution >= 0.6 is 0 Å². The molecular formula is C21H33N5O. The fourth-order valence-corrected chi connectivity index (χ4v) is 2.58. The smallest absolute Gasteiger partial charge is 0.191 e. The molecule has 0 bridgehead atoms. The normalized spacial score (nSPS) is 13.1. The molecule has 0 saturated heterocycles. The van der Waals surface area contributed by atoms with Crippen molar-refractivity contribution >= 4 is 11.6 Å². The predicted molar refractivity (Wildman–Crippen MR) is 112 cm³/mol. The molecule has 0 fully saturated rings. The molecule has 2 rings (SSSR count). The summed E-state index contributed by atoms with van der Waals surface area (Å²) in [5.74, 6) is 2.39. The van der Waals surface area contributed by atoms with Gasteiger partial charge in [0.1, 0.15) is 6.54 Å². The van der Waals surface area contributed by atoms with E-state index in [0.717, 1.165) is 36.2 Å². The van der Waals surface area contributed by atoms with E-state index < -0.39 is 0 Å². The summed E-state index contributed by atoms with van der Waals surface area (Å²) in [5.41, 5.74) is 2.09. The number of nitrogens with one attached hydrogen (secondary N) is 3. The first kappa shape index (κ1) is 20.8. The molecule has 0 radical (unpaired) electrons. The van der Waals surface area contributed by atoms with Crippen molar-refractivity contribution in [2.24, 2.45) is 10.9 Å². The highest BCUT2D eigenvalue weighted by molar-refractivity contribution is 5.79. The van der Waals surface area contributed by atoms with Crippen molar-refractivity contribution in [3.05, 3.63) is 47.9 Å². The molecule has 6 heteroatoms. The number of nitrogens with zero attached hydrogens (tertiary/aromatic N) is 2. The lowest BCUT2D eigenvalue weighted by Crippen LogP contribution is -2.44. The predicted octanol–water partition coefficient (Wildman–Crippen LogP) is 3.99. The summed E-state index contributed by atoms with van der Waals surface area (Å²) in [6.45, 7) is 12.7.